The zero-order valence-corrected chi connectivity index (χ0v) is 25.2. The van der Waals surface area contributed by atoms with E-state index in [1.165, 1.54) is 21.3 Å². The molecule has 8 heteroatoms. The van der Waals surface area contributed by atoms with Crippen LogP contribution in [0.1, 0.15) is 49.4 Å². The summed E-state index contributed by atoms with van der Waals surface area (Å²) in [6.45, 7) is 11.8. The number of sulfonamides is 1. The molecule has 40 heavy (non-hydrogen) atoms. The maximum absolute atomic E-state index is 14.1. The van der Waals surface area contributed by atoms with E-state index in [0.717, 1.165) is 22.3 Å². The minimum absolute atomic E-state index is 0.0922. The number of anilines is 1. The summed E-state index contributed by atoms with van der Waals surface area (Å²) in [5.41, 5.74) is 4.09. The Balaban J connectivity index is 2.06. The van der Waals surface area contributed by atoms with E-state index in [-0.39, 0.29) is 23.3 Å². The van der Waals surface area contributed by atoms with Gasteiger partial charge in [0.05, 0.1) is 10.6 Å². The van der Waals surface area contributed by atoms with Gasteiger partial charge in [0.25, 0.3) is 10.0 Å². The first-order valence-corrected chi connectivity index (χ1v) is 15.2. The van der Waals surface area contributed by atoms with Crippen molar-refractivity contribution in [1.82, 2.24) is 10.2 Å². The van der Waals surface area contributed by atoms with Crippen LogP contribution in [0.3, 0.4) is 0 Å². The minimum atomic E-state index is -4.09. The van der Waals surface area contributed by atoms with Crippen molar-refractivity contribution in [3.63, 3.8) is 0 Å². The lowest BCUT2D eigenvalue weighted by Crippen LogP contribution is -2.52. The quantitative estimate of drug-likeness (QED) is 0.320. The number of benzene rings is 3. The first kappa shape index (κ1) is 30.9. The summed E-state index contributed by atoms with van der Waals surface area (Å²) in [6.07, 6.45) is 0.385. The molecule has 0 fully saturated rings. The molecule has 0 aromatic heterocycles. The summed E-state index contributed by atoms with van der Waals surface area (Å²) < 4.78 is 29.1. The molecule has 0 aliphatic heterocycles. The zero-order valence-electron chi connectivity index (χ0n) is 24.3. The Bertz CT molecular complexity index is 1400. The average molecular weight is 564 g/mol. The Morgan fingerprint density at radius 3 is 2.08 bits per heavy atom. The number of rotatable bonds is 12. The van der Waals surface area contributed by atoms with Gasteiger partial charge in [-0.05, 0) is 62.4 Å². The molecule has 7 nitrogen and oxygen atoms in total. The van der Waals surface area contributed by atoms with Crippen molar-refractivity contribution in [2.24, 2.45) is 5.92 Å². The number of aryl methyl sites for hydroxylation is 3. The first-order chi connectivity index (χ1) is 18.9. The Morgan fingerprint density at radius 1 is 0.875 bits per heavy atom. The number of nitrogens with zero attached hydrogens (tertiary/aromatic N) is 2. The van der Waals surface area contributed by atoms with Crippen LogP contribution in [0.2, 0.25) is 0 Å². The van der Waals surface area contributed by atoms with Crippen LogP contribution >= 0.6 is 0 Å². The largest absolute Gasteiger partial charge is 0.354 e. The van der Waals surface area contributed by atoms with Gasteiger partial charge in [0.15, 0.2) is 0 Å². The summed E-state index contributed by atoms with van der Waals surface area (Å²) in [7, 11) is -4.09. The van der Waals surface area contributed by atoms with E-state index in [4.69, 9.17) is 0 Å². The third kappa shape index (κ3) is 7.72. The van der Waals surface area contributed by atoms with Crippen molar-refractivity contribution in [3.05, 3.63) is 95.1 Å². The summed E-state index contributed by atoms with van der Waals surface area (Å²) in [4.78, 5) is 29.0. The van der Waals surface area contributed by atoms with Gasteiger partial charge in [-0.15, -0.1) is 0 Å². The van der Waals surface area contributed by atoms with Crippen molar-refractivity contribution >= 4 is 27.5 Å². The van der Waals surface area contributed by atoms with E-state index in [9.17, 15) is 18.0 Å². The summed E-state index contributed by atoms with van der Waals surface area (Å²) >= 11 is 0. The predicted octanol–water partition coefficient (Wildman–Crippen LogP) is 5.39. The highest BCUT2D eigenvalue weighted by Crippen LogP contribution is 2.28. The molecular weight excluding hydrogens is 522 g/mol. The van der Waals surface area contributed by atoms with E-state index in [1.807, 2.05) is 77.9 Å². The number of hydrogen-bond acceptors (Lipinski definition) is 4. The second-order valence-corrected chi connectivity index (χ2v) is 12.5. The SMILES string of the molecule is CC[C@H](C(=O)NCC(C)C)N(Cc1ccc(C)cc1)C(=O)CN(c1ccc(C)cc1C)S(=O)(=O)c1ccccc1. The van der Waals surface area contributed by atoms with Crippen molar-refractivity contribution in [3.8, 4) is 0 Å². The van der Waals surface area contributed by atoms with Crippen LogP contribution < -0.4 is 9.62 Å². The first-order valence-electron chi connectivity index (χ1n) is 13.7. The molecule has 0 radical (unpaired) electrons. The summed E-state index contributed by atoms with van der Waals surface area (Å²) in [5, 5.41) is 2.96. The van der Waals surface area contributed by atoms with Gasteiger partial charge in [0.2, 0.25) is 11.8 Å². The number of amides is 2. The fourth-order valence-electron chi connectivity index (χ4n) is 4.55. The molecule has 0 saturated carbocycles. The van der Waals surface area contributed by atoms with Crippen molar-refractivity contribution < 1.29 is 18.0 Å². The molecule has 1 atom stereocenters. The van der Waals surface area contributed by atoms with Crippen LogP contribution in [-0.2, 0) is 26.2 Å². The molecule has 0 heterocycles. The van der Waals surface area contributed by atoms with Gasteiger partial charge >= 0.3 is 0 Å². The van der Waals surface area contributed by atoms with Gasteiger partial charge in [-0.2, -0.15) is 0 Å². The zero-order chi connectivity index (χ0) is 29.4. The maximum Gasteiger partial charge on any atom is 0.264 e. The molecule has 0 unspecified atom stereocenters. The molecular formula is C32H41N3O4S. The van der Waals surface area contributed by atoms with Crippen molar-refractivity contribution in [1.29, 1.82) is 0 Å². The van der Waals surface area contributed by atoms with Crippen LogP contribution in [0.4, 0.5) is 5.69 Å². The second-order valence-electron chi connectivity index (χ2n) is 10.7. The fraction of sp³-hybridized carbons (Fsp3) is 0.375. The Morgan fingerprint density at radius 2 is 1.50 bits per heavy atom. The molecule has 0 spiro atoms. The lowest BCUT2D eigenvalue weighted by Gasteiger charge is -2.33. The Hall–Kier alpha value is -3.65. The minimum Gasteiger partial charge on any atom is -0.354 e. The standard InChI is InChI=1S/C32H41N3O4S/c1-7-29(32(37)33-20-23(2)3)34(21-27-16-13-24(4)14-17-27)31(36)22-35(30-18-15-25(5)19-26(30)6)40(38,39)28-11-9-8-10-12-28/h8-19,23,29H,7,20-22H2,1-6H3,(H,33,37)/t29-/m1/s1. The molecule has 3 rings (SSSR count). The topological polar surface area (TPSA) is 86.8 Å². The van der Waals surface area contributed by atoms with Crippen LogP contribution in [0.15, 0.2) is 77.7 Å². The molecule has 3 aromatic rings. The van der Waals surface area contributed by atoms with Gasteiger partial charge in [0, 0.05) is 13.1 Å². The van der Waals surface area contributed by atoms with Gasteiger partial charge in [-0.3, -0.25) is 13.9 Å². The van der Waals surface area contributed by atoms with Crippen molar-refractivity contribution in [2.75, 3.05) is 17.4 Å². The molecule has 0 saturated heterocycles. The van der Waals surface area contributed by atoms with Crippen LogP contribution in [0.25, 0.3) is 0 Å². The van der Waals surface area contributed by atoms with Gasteiger partial charge in [0.1, 0.15) is 12.6 Å². The number of carbonyl (C=O) groups excluding carboxylic acids is 2. The fourth-order valence-corrected chi connectivity index (χ4v) is 6.05. The van der Waals surface area contributed by atoms with E-state index in [0.29, 0.717) is 18.7 Å². The lowest BCUT2D eigenvalue weighted by atomic mass is 10.1. The Kier molecular flexibility index (Phi) is 10.5. The molecule has 0 bridgehead atoms. The number of hydrogen-bond donors (Lipinski definition) is 1. The molecule has 0 aliphatic carbocycles. The summed E-state index contributed by atoms with van der Waals surface area (Å²) in [6, 6.07) is 20.6. The highest BCUT2D eigenvalue weighted by atomic mass is 32.2. The van der Waals surface area contributed by atoms with E-state index >= 15 is 0 Å². The third-order valence-electron chi connectivity index (χ3n) is 6.78. The van der Waals surface area contributed by atoms with Gasteiger partial charge in [-0.25, -0.2) is 8.42 Å². The van der Waals surface area contributed by atoms with Crippen molar-refractivity contribution in [2.45, 2.75) is 65.4 Å². The number of carbonyl (C=O) groups is 2. The van der Waals surface area contributed by atoms with E-state index in [2.05, 4.69) is 5.32 Å². The monoisotopic (exact) mass is 563 g/mol. The number of nitrogens with one attached hydrogen (secondary N) is 1. The normalized spacial score (nSPS) is 12.2. The molecule has 0 aliphatic rings. The molecule has 3 aromatic carbocycles. The predicted molar refractivity (Wildman–Crippen MR) is 161 cm³/mol. The van der Waals surface area contributed by atoms with Gasteiger partial charge in [-0.1, -0.05) is 86.5 Å². The third-order valence-corrected chi connectivity index (χ3v) is 8.55. The smallest absolute Gasteiger partial charge is 0.264 e. The van der Waals surface area contributed by atoms with E-state index in [1.54, 1.807) is 24.3 Å². The average Bonchev–Trinajstić information content (AvgIpc) is 2.92. The molecule has 214 valence electrons. The second kappa shape index (κ2) is 13.6. The maximum atomic E-state index is 14.1. The van der Waals surface area contributed by atoms with Crippen LogP contribution in [0, 0.1) is 26.7 Å². The molecule has 1 N–H and O–H groups in total. The highest BCUT2D eigenvalue weighted by Gasteiger charge is 2.34. The van der Waals surface area contributed by atoms with Gasteiger partial charge < -0.3 is 10.2 Å². The summed E-state index contributed by atoms with van der Waals surface area (Å²) in [5.74, 6) is -0.453. The molecule has 2 amide bonds. The Labute approximate surface area is 239 Å². The van der Waals surface area contributed by atoms with E-state index < -0.39 is 28.5 Å². The highest BCUT2D eigenvalue weighted by molar-refractivity contribution is 7.92. The lowest BCUT2D eigenvalue weighted by molar-refractivity contribution is -0.140. The van der Waals surface area contributed by atoms with Crippen LogP contribution in [0.5, 0.6) is 0 Å². The van der Waals surface area contributed by atoms with Crippen LogP contribution in [-0.4, -0.2) is 44.3 Å².